The van der Waals surface area contributed by atoms with E-state index in [1.807, 2.05) is 6.07 Å². The number of halogens is 1. The minimum atomic E-state index is -0.356. The second-order valence-corrected chi connectivity index (χ2v) is 4.97. The van der Waals surface area contributed by atoms with Gasteiger partial charge in [-0.3, -0.25) is 0 Å². The number of hydrogen-bond donors (Lipinski definition) is 0. The van der Waals surface area contributed by atoms with Crippen LogP contribution < -0.4 is 4.90 Å². The van der Waals surface area contributed by atoms with E-state index in [2.05, 4.69) is 14.9 Å². The van der Waals surface area contributed by atoms with E-state index >= 15 is 0 Å². The second kappa shape index (κ2) is 4.99. The van der Waals surface area contributed by atoms with Crippen LogP contribution in [0.2, 0.25) is 5.28 Å². The molecule has 0 aliphatic carbocycles. The summed E-state index contributed by atoms with van der Waals surface area (Å²) < 4.78 is 11.6. The number of nitrogens with zero attached hydrogens (tertiary/aromatic N) is 3. The summed E-state index contributed by atoms with van der Waals surface area (Å²) in [4.78, 5) is 10.3. The fraction of sp³-hybridized carbons (Fsp3) is 0.667. The van der Waals surface area contributed by atoms with Crippen LogP contribution in [0.15, 0.2) is 12.3 Å². The standard InChI is InChI=1S/C12H16ClN3O2/c13-11-14-5-2-10(15-11)16-6-3-12(4-7-16)17-8-1-9-18-12/h2,5H,1,3-4,6-9H2. The molecule has 1 aromatic rings. The molecule has 5 nitrogen and oxygen atoms in total. The summed E-state index contributed by atoms with van der Waals surface area (Å²) in [5.74, 6) is 0.520. The smallest absolute Gasteiger partial charge is 0.224 e. The third-order valence-corrected chi connectivity index (χ3v) is 3.66. The normalized spacial score (nSPS) is 23.3. The molecule has 0 radical (unpaired) electrons. The van der Waals surface area contributed by atoms with Crippen molar-refractivity contribution in [2.24, 2.45) is 0 Å². The van der Waals surface area contributed by atoms with Crippen LogP contribution in [0.5, 0.6) is 0 Å². The van der Waals surface area contributed by atoms with E-state index < -0.39 is 0 Å². The van der Waals surface area contributed by atoms with Crippen molar-refractivity contribution in [2.45, 2.75) is 25.0 Å². The molecule has 3 rings (SSSR count). The molecule has 0 N–H and O–H groups in total. The molecule has 0 unspecified atom stereocenters. The van der Waals surface area contributed by atoms with Crippen molar-refractivity contribution in [3.8, 4) is 0 Å². The minimum Gasteiger partial charge on any atom is -0.356 e. The highest BCUT2D eigenvalue weighted by molar-refractivity contribution is 6.28. The molecule has 0 bridgehead atoms. The monoisotopic (exact) mass is 269 g/mol. The van der Waals surface area contributed by atoms with Gasteiger partial charge in [0.2, 0.25) is 5.28 Å². The fourth-order valence-corrected chi connectivity index (χ4v) is 2.63. The zero-order valence-electron chi connectivity index (χ0n) is 10.1. The van der Waals surface area contributed by atoms with Gasteiger partial charge in [-0.1, -0.05) is 0 Å². The quantitative estimate of drug-likeness (QED) is 0.729. The van der Waals surface area contributed by atoms with E-state index in [9.17, 15) is 0 Å². The first-order chi connectivity index (χ1) is 8.77. The van der Waals surface area contributed by atoms with E-state index in [1.165, 1.54) is 0 Å². The van der Waals surface area contributed by atoms with E-state index in [0.717, 1.165) is 51.4 Å². The lowest BCUT2D eigenvalue weighted by Crippen LogP contribution is -2.50. The molecule has 2 saturated heterocycles. The van der Waals surface area contributed by atoms with Crippen LogP contribution in [0.4, 0.5) is 5.82 Å². The second-order valence-electron chi connectivity index (χ2n) is 4.63. The number of ether oxygens (including phenoxy) is 2. The van der Waals surface area contributed by atoms with Crippen molar-refractivity contribution in [2.75, 3.05) is 31.2 Å². The maximum absolute atomic E-state index is 5.81. The Morgan fingerprint density at radius 1 is 1.22 bits per heavy atom. The largest absolute Gasteiger partial charge is 0.356 e. The molecule has 98 valence electrons. The van der Waals surface area contributed by atoms with Crippen molar-refractivity contribution in [1.82, 2.24) is 9.97 Å². The molecule has 0 saturated carbocycles. The summed E-state index contributed by atoms with van der Waals surface area (Å²) in [6.07, 6.45) is 4.42. The Morgan fingerprint density at radius 3 is 2.61 bits per heavy atom. The van der Waals surface area contributed by atoms with E-state index in [-0.39, 0.29) is 11.1 Å². The van der Waals surface area contributed by atoms with Crippen molar-refractivity contribution in [3.05, 3.63) is 17.5 Å². The Labute approximate surface area is 111 Å². The fourth-order valence-electron chi connectivity index (χ4n) is 2.48. The topological polar surface area (TPSA) is 47.5 Å². The molecule has 1 aromatic heterocycles. The Balaban J connectivity index is 1.66. The minimum absolute atomic E-state index is 0.290. The van der Waals surface area contributed by atoms with Crippen LogP contribution >= 0.6 is 11.6 Å². The van der Waals surface area contributed by atoms with Gasteiger partial charge in [0.15, 0.2) is 5.79 Å². The number of anilines is 1. The number of aromatic nitrogens is 2. The van der Waals surface area contributed by atoms with Crippen molar-refractivity contribution in [3.63, 3.8) is 0 Å². The highest BCUT2D eigenvalue weighted by Crippen LogP contribution is 2.32. The molecule has 1 spiro atoms. The van der Waals surface area contributed by atoms with Gasteiger partial charge in [-0.05, 0) is 24.1 Å². The van der Waals surface area contributed by atoms with E-state index in [1.54, 1.807) is 6.20 Å². The zero-order valence-corrected chi connectivity index (χ0v) is 10.9. The van der Waals surface area contributed by atoms with Gasteiger partial charge in [-0.15, -0.1) is 0 Å². The Hall–Kier alpha value is -0.910. The zero-order chi connectivity index (χ0) is 12.4. The Morgan fingerprint density at radius 2 is 1.94 bits per heavy atom. The lowest BCUT2D eigenvalue weighted by Gasteiger charge is -2.43. The summed E-state index contributed by atoms with van der Waals surface area (Å²) in [5, 5.41) is 0.290. The lowest BCUT2D eigenvalue weighted by molar-refractivity contribution is -0.275. The predicted molar refractivity (Wildman–Crippen MR) is 67.7 cm³/mol. The van der Waals surface area contributed by atoms with E-state index in [0.29, 0.717) is 0 Å². The van der Waals surface area contributed by atoms with Gasteiger partial charge in [0, 0.05) is 32.1 Å². The molecular weight excluding hydrogens is 254 g/mol. The van der Waals surface area contributed by atoms with Crippen LogP contribution in [-0.2, 0) is 9.47 Å². The number of rotatable bonds is 1. The van der Waals surface area contributed by atoms with Gasteiger partial charge in [-0.25, -0.2) is 9.97 Å². The molecular formula is C12H16ClN3O2. The Kier molecular flexibility index (Phi) is 3.37. The SMILES string of the molecule is Clc1nccc(N2CCC3(CC2)OCCCO3)n1. The van der Waals surface area contributed by atoms with Gasteiger partial charge in [0.25, 0.3) is 0 Å². The van der Waals surface area contributed by atoms with Gasteiger partial charge in [0.05, 0.1) is 13.2 Å². The lowest BCUT2D eigenvalue weighted by atomic mass is 10.0. The summed E-state index contributed by atoms with van der Waals surface area (Å²) in [6, 6.07) is 1.88. The van der Waals surface area contributed by atoms with Gasteiger partial charge >= 0.3 is 0 Å². The molecule has 0 amide bonds. The molecule has 6 heteroatoms. The molecule has 2 aliphatic heterocycles. The Bertz CT molecular complexity index is 414. The molecule has 2 aliphatic rings. The summed E-state index contributed by atoms with van der Waals surface area (Å²) in [5.41, 5.74) is 0. The first-order valence-electron chi connectivity index (χ1n) is 6.29. The van der Waals surface area contributed by atoms with Crippen LogP contribution in [0.1, 0.15) is 19.3 Å². The summed E-state index contributed by atoms with van der Waals surface area (Å²) >= 11 is 5.81. The van der Waals surface area contributed by atoms with Crippen molar-refractivity contribution < 1.29 is 9.47 Å². The predicted octanol–water partition coefficient (Wildman–Crippen LogP) is 1.86. The third kappa shape index (κ3) is 2.43. The first kappa shape index (κ1) is 12.1. The molecule has 18 heavy (non-hydrogen) atoms. The van der Waals surface area contributed by atoms with Gasteiger partial charge in [0.1, 0.15) is 5.82 Å². The van der Waals surface area contributed by atoms with Gasteiger partial charge in [-0.2, -0.15) is 0 Å². The van der Waals surface area contributed by atoms with Crippen LogP contribution in [-0.4, -0.2) is 42.1 Å². The maximum atomic E-state index is 5.81. The van der Waals surface area contributed by atoms with E-state index in [4.69, 9.17) is 21.1 Å². The molecule has 3 heterocycles. The summed E-state index contributed by atoms with van der Waals surface area (Å²) in [6.45, 7) is 3.35. The number of hydrogen-bond acceptors (Lipinski definition) is 5. The van der Waals surface area contributed by atoms with Crippen molar-refractivity contribution >= 4 is 17.4 Å². The first-order valence-corrected chi connectivity index (χ1v) is 6.67. The highest BCUT2D eigenvalue weighted by Gasteiger charge is 2.38. The molecule has 0 atom stereocenters. The summed E-state index contributed by atoms with van der Waals surface area (Å²) in [7, 11) is 0. The average molecular weight is 270 g/mol. The van der Waals surface area contributed by atoms with Crippen LogP contribution in [0.25, 0.3) is 0 Å². The average Bonchev–Trinajstić information content (AvgIpc) is 2.40. The van der Waals surface area contributed by atoms with Gasteiger partial charge < -0.3 is 14.4 Å². The number of piperidine rings is 1. The highest BCUT2D eigenvalue weighted by atomic mass is 35.5. The maximum Gasteiger partial charge on any atom is 0.224 e. The third-order valence-electron chi connectivity index (χ3n) is 3.48. The van der Waals surface area contributed by atoms with Crippen LogP contribution in [0.3, 0.4) is 0 Å². The molecule has 0 aromatic carbocycles. The van der Waals surface area contributed by atoms with Crippen molar-refractivity contribution in [1.29, 1.82) is 0 Å². The molecule has 2 fully saturated rings. The van der Waals surface area contributed by atoms with Crippen LogP contribution in [0, 0.1) is 0 Å².